The standard InChI is InChI=1S/C24H22N6O2/c1-16-12-17(6-8-22(16)32-14-19-4-2-3-9-25-19)29-23-20-13-18(30-24-26-10-11-31-24)5-7-21(20)27-15-28-23/h2-9,12-13,15H,10-11,14H2,1H3,(H,26,30)(H,27,28,29). The van der Waals surface area contributed by atoms with Crippen molar-refractivity contribution in [1.82, 2.24) is 15.0 Å². The van der Waals surface area contributed by atoms with Gasteiger partial charge in [-0.15, -0.1) is 0 Å². The first kappa shape index (κ1) is 19.7. The number of anilines is 3. The second-order valence-corrected chi connectivity index (χ2v) is 7.33. The predicted molar refractivity (Wildman–Crippen MR) is 124 cm³/mol. The number of aliphatic imine (C=N–C) groups is 1. The Hall–Kier alpha value is -4.20. The third-order valence-corrected chi connectivity index (χ3v) is 5.01. The largest absolute Gasteiger partial charge is 0.487 e. The molecule has 0 saturated heterocycles. The molecule has 0 atom stereocenters. The van der Waals surface area contributed by atoms with Gasteiger partial charge >= 0.3 is 0 Å². The van der Waals surface area contributed by atoms with Gasteiger partial charge in [0, 0.05) is 23.0 Å². The molecule has 32 heavy (non-hydrogen) atoms. The fraction of sp³-hybridized carbons (Fsp3) is 0.167. The topological polar surface area (TPSA) is 93.6 Å². The third kappa shape index (κ3) is 4.44. The molecule has 0 fully saturated rings. The minimum atomic E-state index is 0.426. The van der Waals surface area contributed by atoms with Gasteiger partial charge in [0.15, 0.2) is 0 Å². The summed E-state index contributed by atoms with van der Waals surface area (Å²) in [5.74, 6) is 1.53. The lowest BCUT2D eigenvalue weighted by molar-refractivity contribution is 0.299. The summed E-state index contributed by atoms with van der Waals surface area (Å²) in [6.07, 6.45) is 3.32. The van der Waals surface area contributed by atoms with Crippen LogP contribution >= 0.6 is 0 Å². The summed E-state index contributed by atoms with van der Waals surface area (Å²) >= 11 is 0. The van der Waals surface area contributed by atoms with Crippen molar-refractivity contribution in [2.24, 2.45) is 4.99 Å². The Bertz CT molecular complexity index is 1280. The summed E-state index contributed by atoms with van der Waals surface area (Å²) in [6.45, 7) is 3.72. The Morgan fingerprint density at radius 3 is 2.69 bits per heavy atom. The molecule has 3 heterocycles. The normalized spacial score (nSPS) is 12.8. The number of nitrogens with zero attached hydrogens (tertiary/aromatic N) is 4. The van der Waals surface area contributed by atoms with Crippen LogP contribution in [0.2, 0.25) is 0 Å². The molecule has 2 N–H and O–H groups in total. The molecule has 4 aromatic rings. The molecule has 0 amide bonds. The van der Waals surface area contributed by atoms with Crippen LogP contribution in [0.5, 0.6) is 5.75 Å². The number of pyridine rings is 1. The quantitative estimate of drug-likeness (QED) is 0.470. The molecular weight excluding hydrogens is 404 g/mol. The first-order valence-corrected chi connectivity index (χ1v) is 10.3. The Balaban J connectivity index is 1.34. The van der Waals surface area contributed by atoms with E-state index in [0.29, 0.717) is 25.8 Å². The number of hydrogen-bond acceptors (Lipinski definition) is 8. The average molecular weight is 426 g/mol. The lowest BCUT2D eigenvalue weighted by atomic mass is 10.1. The number of hydrogen-bond donors (Lipinski definition) is 2. The summed E-state index contributed by atoms with van der Waals surface area (Å²) in [5, 5.41) is 7.49. The molecule has 1 aliphatic rings. The molecule has 0 aliphatic carbocycles. The van der Waals surface area contributed by atoms with Gasteiger partial charge in [-0.2, -0.15) is 0 Å². The zero-order chi connectivity index (χ0) is 21.8. The van der Waals surface area contributed by atoms with Gasteiger partial charge in [-0.25, -0.2) is 15.0 Å². The van der Waals surface area contributed by atoms with Gasteiger partial charge in [0.2, 0.25) is 0 Å². The first-order chi connectivity index (χ1) is 15.7. The van der Waals surface area contributed by atoms with Gasteiger partial charge < -0.3 is 20.1 Å². The number of nitrogens with one attached hydrogen (secondary N) is 2. The van der Waals surface area contributed by atoms with E-state index in [4.69, 9.17) is 9.47 Å². The minimum Gasteiger partial charge on any atom is -0.487 e. The minimum absolute atomic E-state index is 0.426. The Morgan fingerprint density at radius 2 is 1.88 bits per heavy atom. The molecule has 0 spiro atoms. The highest BCUT2D eigenvalue weighted by Crippen LogP contribution is 2.28. The van der Waals surface area contributed by atoms with Gasteiger partial charge in [0.25, 0.3) is 6.02 Å². The molecule has 0 unspecified atom stereocenters. The van der Waals surface area contributed by atoms with Crippen molar-refractivity contribution in [1.29, 1.82) is 0 Å². The molecule has 0 saturated carbocycles. The van der Waals surface area contributed by atoms with Crippen LogP contribution in [0.4, 0.5) is 17.2 Å². The monoisotopic (exact) mass is 426 g/mol. The number of aryl methyl sites for hydroxylation is 1. The molecule has 0 bridgehead atoms. The highest BCUT2D eigenvalue weighted by atomic mass is 16.5. The Kier molecular flexibility index (Phi) is 5.48. The maximum atomic E-state index is 5.93. The van der Waals surface area contributed by atoms with Crippen LogP contribution in [-0.4, -0.2) is 34.1 Å². The molecule has 0 radical (unpaired) electrons. The van der Waals surface area contributed by atoms with E-state index < -0.39 is 0 Å². The highest BCUT2D eigenvalue weighted by Gasteiger charge is 2.11. The summed E-state index contributed by atoms with van der Waals surface area (Å²) in [5.41, 5.74) is 4.53. The van der Waals surface area contributed by atoms with Crippen molar-refractivity contribution in [2.75, 3.05) is 23.8 Å². The van der Waals surface area contributed by atoms with E-state index in [1.165, 1.54) is 0 Å². The summed E-state index contributed by atoms with van der Waals surface area (Å²) in [6, 6.07) is 18.1. The molecule has 2 aromatic heterocycles. The van der Waals surface area contributed by atoms with Crippen LogP contribution in [0.15, 0.2) is 72.1 Å². The van der Waals surface area contributed by atoms with E-state index in [9.17, 15) is 0 Å². The zero-order valence-corrected chi connectivity index (χ0v) is 17.6. The van der Waals surface area contributed by atoms with Crippen molar-refractivity contribution in [3.05, 3.63) is 78.4 Å². The van der Waals surface area contributed by atoms with Crippen molar-refractivity contribution in [2.45, 2.75) is 13.5 Å². The Morgan fingerprint density at radius 1 is 0.969 bits per heavy atom. The summed E-state index contributed by atoms with van der Waals surface area (Å²) < 4.78 is 11.4. The molecule has 1 aliphatic heterocycles. The lowest BCUT2D eigenvalue weighted by Crippen LogP contribution is -2.11. The van der Waals surface area contributed by atoms with Crippen LogP contribution in [0, 0.1) is 6.92 Å². The van der Waals surface area contributed by atoms with E-state index in [-0.39, 0.29) is 0 Å². The Labute approximate surface area is 185 Å². The van der Waals surface area contributed by atoms with Gasteiger partial charge in [-0.3, -0.25) is 4.98 Å². The zero-order valence-electron chi connectivity index (χ0n) is 17.6. The number of rotatable bonds is 6. The molecule has 160 valence electrons. The van der Waals surface area contributed by atoms with E-state index in [2.05, 4.69) is 30.6 Å². The van der Waals surface area contributed by atoms with Crippen LogP contribution in [0.1, 0.15) is 11.3 Å². The molecule has 8 nitrogen and oxygen atoms in total. The fourth-order valence-electron chi connectivity index (χ4n) is 3.43. The fourth-order valence-corrected chi connectivity index (χ4v) is 3.43. The van der Waals surface area contributed by atoms with E-state index in [0.717, 1.165) is 45.1 Å². The average Bonchev–Trinajstić information content (AvgIpc) is 3.33. The number of aromatic nitrogens is 3. The molecule has 2 aromatic carbocycles. The highest BCUT2D eigenvalue weighted by molar-refractivity contribution is 5.97. The number of benzene rings is 2. The number of ether oxygens (including phenoxy) is 2. The second kappa shape index (κ2) is 8.89. The predicted octanol–water partition coefficient (Wildman–Crippen LogP) is 4.45. The smallest absolute Gasteiger partial charge is 0.289 e. The summed E-state index contributed by atoms with van der Waals surface area (Å²) in [4.78, 5) is 17.4. The van der Waals surface area contributed by atoms with Gasteiger partial charge in [-0.05, 0) is 61.0 Å². The van der Waals surface area contributed by atoms with E-state index in [1.807, 2.05) is 61.5 Å². The van der Waals surface area contributed by atoms with Crippen LogP contribution in [-0.2, 0) is 11.3 Å². The second-order valence-electron chi connectivity index (χ2n) is 7.33. The van der Waals surface area contributed by atoms with Crippen LogP contribution in [0.3, 0.4) is 0 Å². The molecule has 8 heteroatoms. The third-order valence-electron chi connectivity index (χ3n) is 5.01. The SMILES string of the molecule is Cc1cc(Nc2ncnc3ccc(NC4=NCCO4)cc23)ccc1OCc1ccccn1. The number of fused-ring (bicyclic) bond motifs is 1. The van der Waals surface area contributed by atoms with Crippen molar-refractivity contribution in [3.63, 3.8) is 0 Å². The maximum absolute atomic E-state index is 5.93. The van der Waals surface area contributed by atoms with Crippen molar-refractivity contribution < 1.29 is 9.47 Å². The lowest BCUT2D eigenvalue weighted by Gasteiger charge is -2.13. The van der Waals surface area contributed by atoms with Crippen molar-refractivity contribution in [3.8, 4) is 5.75 Å². The number of amidine groups is 1. The van der Waals surface area contributed by atoms with Gasteiger partial charge in [-0.1, -0.05) is 6.07 Å². The molecule has 5 rings (SSSR count). The van der Waals surface area contributed by atoms with E-state index >= 15 is 0 Å². The summed E-state index contributed by atoms with van der Waals surface area (Å²) in [7, 11) is 0. The van der Waals surface area contributed by atoms with Gasteiger partial charge in [0.05, 0.1) is 17.8 Å². The van der Waals surface area contributed by atoms with Crippen LogP contribution in [0.25, 0.3) is 10.9 Å². The molecular formula is C24H22N6O2. The van der Waals surface area contributed by atoms with E-state index in [1.54, 1.807) is 12.5 Å². The first-order valence-electron chi connectivity index (χ1n) is 10.3. The van der Waals surface area contributed by atoms with Gasteiger partial charge in [0.1, 0.15) is 31.1 Å². The maximum Gasteiger partial charge on any atom is 0.289 e. The van der Waals surface area contributed by atoms with Crippen LogP contribution < -0.4 is 15.4 Å². The van der Waals surface area contributed by atoms with Crippen molar-refractivity contribution >= 4 is 34.1 Å².